The van der Waals surface area contributed by atoms with Crippen LogP contribution < -0.4 is 10.7 Å². The smallest absolute Gasteiger partial charge is 0.282 e. The van der Waals surface area contributed by atoms with Gasteiger partial charge in [-0.1, -0.05) is 0 Å². The Morgan fingerprint density at radius 2 is 1.86 bits per heavy atom. The van der Waals surface area contributed by atoms with Crippen LogP contribution in [0, 0.1) is 17.0 Å². The molecule has 0 aromatic heterocycles. The van der Waals surface area contributed by atoms with Crippen molar-refractivity contribution < 1.29 is 10.0 Å². The zero-order chi connectivity index (χ0) is 16.0. The molecule has 0 spiro atoms. The van der Waals surface area contributed by atoms with Crippen molar-refractivity contribution in [1.29, 1.82) is 0 Å². The molecule has 0 N–H and O–H groups in total. The molecule has 0 fully saturated rings. The fraction of sp³-hybridized carbons (Fsp3) is 0.143. The molecule has 8 nitrogen and oxygen atoms in total. The first-order valence-corrected chi connectivity index (χ1v) is 6.41. The zero-order valence-corrected chi connectivity index (χ0v) is 11.8. The van der Waals surface area contributed by atoms with E-state index in [-0.39, 0.29) is 17.1 Å². The summed E-state index contributed by atoms with van der Waals surface area (Å²) < 4.78 is 2.52. The van der Waals surface area contributed by atoms with Crippen LogP contribution in [0.1, 0.15) is 5.69 Å². The number of hydrogen-bond donors (Lipinski definition) is 0. The maximum Gasteiger partial charge on any atom is 0.282 e. The fourth-order valence-corrected chi connectivity index (χ4v) is 2.30. The molecule has 3 rings (SSSR count). The molecule has 8 heteroatoms. The lowest BCUT2D eigenvalue weighted by molar-refractivity contribution is -0.384. The van der Waals surface area contributed by atoms with Crippen LogP contribution in [-0.2, 0) is 7.05 Å². The summed E-state index contributed by atoms with van der Waals surface area (Å²) in [6.45, 7) is 1.67. The first-order chi connectivity index (χ1) is 10.4. The van der Waals surface area contributed by atoms with Gasteiger partial charge in [0.1, 0.15) is 0 Å². The Kier molecular flexibility index (Phi) is 2.94. The SMILES string of the molecule is Cc1c2c(=O)n(-c3ccc([N+](=O)[O-])cc3)nc-2cc([O-])n1C. The average Bonchev–Trinajstić information content (AvgIpc) is 2.82. The van der Waals surface area contributed by atoms with E-state index in [1.165, 1.54) is 34.9 Å². The second kappa shape index (κ2) is 4.69. The van der Waals surface area contributed by atoms with Gasteiger partial charge in [0.2, 0.25) is 0 Å². The lowest BCUT2D eigenvalue weighted by Crippen LogP contribution is -2.17. The number of hydrogen-bond acceptors (Lipinski definition) is 5. The maximum atomic E-state index is 12.5. The standard InChI is InChI=1S/C14H12N4O4/c1-8-13-11(7-12(19)16(8)2)15-17(14(13)20)9-3-5-10(6-4-9)18(21)22/h3-7,19H,1-2H3/p-1. The third-order valence-corrected chi connectivity index (χ3v) is 3.63. The van der Waals surface area contributed by atoms with Crippen LogP contribution in [0.3, 0.4) is 0 Å². The van der Waals surface area contributed by atoms with Gasteiger partial charge in [-0.25, -0.2) is 0 Å². The van der Waals surface area contributed by atoms with Crippen LogP contribution in [0.15, 0.2) is 35.1 Å². The monoisotopic (exact) mass is 299 g/mol. The van der Waals surface area contributed by atoms with Crippen LogP contribution in [0.4, 0.5) is 5.69 Å². The molecule has 2 aliphatic heterocycles. The third kappa shape index (κ3) is 1.93. The summed E-state index contributed by atoms with van der Waals surface area (Å²) in [7, 11) is 1.58. The van der Waals surface area contributed by atoms with E-state index in [9.17, 15) is 20.0 Å². The maximum absolute atomic E-state index is 12.5. The number of fused-ring (bicyclic) bond motifs is 1. The molecule has 0 amide bonds. The summed E-state index contributed by atoms with van der Waals surface area (Å²) in [4.78, 5) is 22.6. The largest absolute Gasteiger partial charge is 0.860 e. The van der Waals surface area contributed by atoms with Crippen LogP contribution in [0.5, 0.6) is 5.88 Å². The Morgan fingerprint density at radius 3 is 2.45 bits per heavy atom. The van der Waals surface area contributed by atoms with Gasteiger partial charge in [-0.2, -0.15) is 9.78 Å². The summed E-state index contributed by atoms with van der Waals surface area (Å²) in [6.07, 6.45) is 0. The second-order valence-corrected chi connectivity index (χ2v) is 4.88. The van der Waals surface area contributed by atoms with Gasteiger partial charge in [0.15, 0.2) is 0 Å². The number of nitro groups is 1. The topological polar surface area (TPSA) is 106 Å². The third-order valence-electron chi connectivity index (χ3n) is 3.63. The molecule has 0 saturated carbocycles. The second-order valence-electron chi connectivity index (χ2n) is 4.88. The predicted molar refractivity (Wildman–Crippen MR) is 76.3 cm³/mol. The van der Waals surface area contributed by atoms with Gasteiger partial charge >= 0.3 is 0 Å². The molecular weight excluding hydrogens is 288 g/mol. The van der Waals surface area contributed by atoms with E-state index in [0.717, 1.165) is 4.68 Å². The molecule has 0 radical (unpaired) electrons. The van der Waals surface area contributed by atoms with Crippen molar-refractivity contribution in [2.45, 2.75) is 6.92 Å². The minimum Gasteiger partial charge on any atom is -0.860 e. The van der Waals surface area contributed by atoms with Gasteiger partial charge in [0.25, 0.3) is 11.2 Å². The Bertz CT molecular complexity index is 908. The van der Waals surface area contributed by atoms with E-state index < -0.39 is 4.92 Å². The first kappa shape index (κ1) is 13.8. The van der Waals surface area contributed by atoms with E-state index in [1.54, 1.807) is 14.0 Å². The Balaban J connectivity index is 2.22. The van der Waals surface area contributed by atoms with Gasteiger partial charge in [-0.15, -0.1) is 0 Å². The molecule has 0 bridgehead atoms. The highest BCUT2D eigenvalue weighted by Gasteiger charge is 2.20. The van der Waals surface area contributed by atoms with Crippen LogP contribution in [0.25, 0.3) is 16.9 Å². The zero-order valence-electron chi connectivity index (χ0n) is 11.8. The van der Waals surface area contributed by atoms with E-state index >= 15 is 0 Å². The Hall–Kier alpha value is -3.16. The lowest BCUT2D eigenvalue weighted by Gasteiger charge is -2.17. The van der Waals surface area contributed by atoms with Crippen molar-refractivity contribution in [1.82, 2.24) is 14.3 Å². The Labute approximate surface area is 124 Å². The minimum absolute atomic E-state index is 0.0719. The number of aromatic nitrogens is 3. The molecule has 0 saturated heterocycles. The van der Waals surface area contributed by atoms with E-state index in [4.69, 9.17) is 0 Å². The van der Waals surface area contributed by atoms with Gasteiger partial charge in [-0.3, -0.25) is 14.9 Å². The van der Waals surface area contributed by atoms with E-state index in [0.29, 0.717) is 22.6 Å². The number of nitro benzene ring substituents is 1. The molecule has 1 aromatic carbocycles. The number of rotatable bonds is 2. The van der Waals surface area contributed by atoms with E-state index in [1.807, 2.05) is 0 Å². The van der Waals surface area contributed by atoms with Crippen LogP contribution in [0.2, 0.25) is 0 Å². The number of nitrogens with zero attached hydrogens (tertiary/aromatic N) is 4. The first-order valence-electron chi connectivity index (χ1n) is 6.41. The van der Waals surface area contributed by atoms with Gasteiger partial charge in [-0.05, 0) is 31.0 Å². The molecular formula is C14H11N4O4-. The predicted octanol–water partition coefficient (Wildman–Crippen LogP) is 0.966. The summed E-state index contributed by atoms with van der Waals surface area (Å²) in [5.41, 5.74) is 1.17. The van der Waals surface area contributed by atoms with Crippen molar-refractivity contribution in [2.75, 3.05) is 0 Å². The molecule has 2 aliphatic rings. The molecule has 0 atom stereocenters. The molecule has 112 valence electrons. The van der Waals surface area contributed by atoms with Crippen molar-refractivity contribution in [3.8, 4) is 22.8 Å². The summed E-state index contributed by atoms with van der Waals surface area (Å²) in [5.74, 6) is -0.252. The normalized spacial score (nSPS) is 11.0. The van der Waals surface area contributed by atoms with Crippen molar-refractivity contribution in [3.05, 3.63) is 56.5 Å². The van der Waals surface area contributed by atoms with Crippen molar-refractivity contribution >= 4 is 5.69 Å². The van der Waals surface area contributed by atoms with Crippen molar-refractivity contribution in [3.63, 3.8) is 0 Å². The molecule has 0 aliphatic carbocycles. The summed E-state index contributed by atoms with van der Waals surface area (Å²) >= 11 is 0. The molecule has 22 heavy (non-hydrogen) atoms. The minimum atomic E-state index is -0.519. The highest BCUT2D eigenvalue weighted by atomic mass is 16.6. The average molecular weight is 299 g/mol. The Morgan fingerprint density at radius 1 is 1.23 bits per heavy atom. The van der Waals surface area contributed by atoms with Crippen molar-refractivity contribution in [2.24, 2.45) is 7.05 Å². The number of benzene rings is 1. The quantitative estimate of drug-likeness (QED) is 0.517. The molecule has 0 unspecified atom stereocenters. The summed E-state index contributed by atoms with van der Waals surface area (Å²) in [6, 6.07) is 6.78. The number of non-ortho nitro benzene ring substituents is 1. The van der Waals surface area contributed by atoms with E-state index in [2.05, 4.69) is 5.10 Å². The van der Waals surface area contributed by atoms with Crippen LogP contribution in [-0.4, -0.2) is 19.3 Å². The molecule has 1 aromatic rings. The van der Waals surface area contributed by atoms with Crippen LogP contribution >= 0.6 is 0 Å². The fourth-order valence-electron chi connectivity index (χ4n) is 2.30. The highest BCUT2D eigenvalue weighted by molar-refractivity contribution is 5.65. The van der Waals surface area contributed by atoms with Gasteiger partial charge in [0.05, 0.1) is 21.9 Å². The van der Waals surface area contributed by atoms with Gasteiger partial charge < -0.3 is 9.67 Å². The number of pyridine rings is 1. The highest BCUT2D eigenvalue weighted by Crippen LogP contribution is 2.25. The van der Waals surface area contributed by atoms with Gasteiger partial charge in [0, 0.05) is 24.9 Å². The summed E-state index contributed by atoms with van der Waals surface area (Å²) in [5, 5.41) is 26.6. The lowest BCUT2D eigenvalue weighted by atomic mass is 10.1. The molecule has 2 heterocycles.